The van der Waals surface area contributed by atoms with E-state index in [0.717, 1.165) is 166 Å². The Kier molecular flexibility index (Phi) is 38.0. The zero-order chi connectivity index (χ0) is 39.2. The predicted molar refractivity (Wildman–Crippen MR) is 227 cm³/mol. The average Bonchev–Trinajstić information content (AvgIpc) is 3.16. The maximum atomic E-state index is 13.1. The van der Waals surface area contributed by atoms with Crippen LogP contribution in [0.15, 0.2) is 0 Å². The van der Waals surface area contributed by atoms with Crippen molar-refractivity contribution < 1.29 is 28.6 Å². The molecule has 314 valence electrons. The summed E-state index contributed by atoms with van der Waals surface area (Å²) in [5.41, 5.74) is 0. The molecule has 0 spiro atoms. The van der Waals surface area contributed by atoms with Crippen molar-refractivity contribution in [1.82, 2.24) is 4.90 Å². The molecule has 53 heavy (non-hydrogen) atoms. The highest BCUT2D eigenvalue weighted by Gasteiger charge is 2.21. The largest absolute Gasteiger partial charge is 0.465 e. The Morgan fingerprint density at radius 2 is 0.925 bits per heavy atom. The molecule has 8 heteroatoms. The molecule has 0 bridgehead atoms. The van der Waals surface area contributed by atoms with Crippen LogP contribution in [-0.2, 0) is 28.6 Å². The molecule has 0 aromatic heterocycles. The molecule has 0 saturated carbocycles. The summed E-state index contributed by atoms with van der Waals surface area (Å²) in [4.78, 5) is 40.2. The van der Waals surface area contributed by atoms with Gasteiger partial charge >= 0.3 is 17.9 Å². The third kappa shape index (κ3) is 32.7. The summed E-state index contributed by atoms with van der Waals surface area (Å²) >= 11 is 1.90. The van der Waals surface area contributed by atoms with Gasteiger partial charge in [-0.1, -0.05) is 144 Å². The van der Waals surface area contributed by atoms with Gasteiger partial charge in [-0.25, -0.2) is 0 Å². The van der Waals surface area contributed by atoms with E-state index in [4.69, 9.17) is 14.2 Å². The number of carbonyl (C=O) groups is 3. The third-order valence-electron chi connectivity index (χ3n) is 10.4. The first-order chi connectivity index (χ1) is 25.8. The molecule has 0 aromatic carbocycles. The molecule has 0 fully saturated rings. The molecular weight excluding hydrogens is 683 g/mol. The molecule has 0 radical (unpaired) electrons. The van der Waals surface area contributed by atoms with Crippen molar-refractivity contribution in [2.75, 3.05) is 37.7 Å². The van der Waals surface area contributed by atoms with Gasteiger partial charge in [-0.3, -0.25) is 14.4 Å². The summed E-state index contributed by atoms with van der Waals surface area (Å²) in [5.74, 6) is 1.79. The summed E-state index contributed by atoms with van der Waals surface area (Å²) in [6.07, 6.45) is 28.0. The number of thioether (sulfide) groups is 1. The topological polar surface area (TPSA) is 82.1 Å². The average molecular weight is 770 g/mol. The van der Waals surface area contributed by atoms with Gasteiger partial charge in [-0.15, -0.1) is 0 Å². The highest BCUT2D eigenvalue weighted by molar-refractivity contribution is 7.99. The van der Waals surface area contributed by atoms with E-state index in [0.29, 0.717) is 19.4 Å². The summed E-state index contributed by atoms with van der Waals surface area (Å²) in [6.45, 7) is 16.6. The van der Waals surface area contributed by atoms with E-state index >= 15 is 0 Å². The molecule has 0 rings (SSSR count). The van der Waals surface area contributed by atoms with Gasteiger partial charge in [0, 0.05) is 18.6 Å². The Labute approximate surface area is 333 Å². The maximum absolute atomic E-state index is 13.1. The molecule has 0 heterocycles. The standard InChI is InChI=1S/C45H87NO6S/c1-7-13-29-41(30-14-8-2)51-43(47)33-25-21-17-19-23-27-37-50-45(49)40(35-36-46(11-5)12-6)39-53-38-28-24-20-18-22-26-34-44(48)52-42(31-15-9-3)32-16-10-4/h40-42H,7-39H2,1-6H3. The minimum atomic E-state index is -0.0489. The summed E-state index contributed by atoms with van der Waals surface area (Å²) < 4.78 is 17.4. The minimum Gasteiger partial charge on any atom is -0.465 e. The van der Waals surface area contributed by atoms with Gasteiger partial charge in [0.1, 0.15) is 12.2 Å². The van der Waals surface area contributed by atoms with Crippen LogP contribution in [0.25, 0.3) is 0 Å². The molecule has 1 unspecified atom stereocenters. The van der Waals surface area contributed by atoms with E-state index in [9.17, 15) is 14.4 Å². The summed E-state index contributed by atoms with van der Waals surface area (Å²) in [7, 11) is 0. The van der Waals surface area contributed by atoms with E-state index in [-0.39, 0.29) is 36.0 Å². The van der Waals surface area contributed by atoms with Gasteiger partial charge in [0.15, 0.2) is 0 Å². The second kappa shape index (κ2) is 39.0. The van der Waals surface area contributed by atoms with Gasteiger partial charge in [0.25, 0.3) is 0 Å². The Morgan fingerprint density at radius 3 is 1.36 bits per heavy atom. The van der Waals surface area contributed by atoms with Crippen molar-refractivity contribution >= 4 is 29.7 Å². The predicted octanol–water partition coefficient (Wildman–Crippen LogP) is 12.7. The van der Waals surface area contributed by atoms with Crippen molar-refractivity contribution in [2.45, 2.75) is 227 Å². The first kappa shape index (κ1) is 51.7. The lowest BCUT2D eigenvalue weighted by molar-refractivity contribution is -0.151. The van der Waals surface area contributed by atoms with E-state index in [1.807, 2.05) is 11.8 Å². The SMILES string of the molecule is CCCCC(CCCC)OC(=O)CCCCCCCCOC(=O)C(CCN(CC)CC)CSCCCCCCCCC(=O)OC(CCCC)CCCC. The lowest BCUT2D eigenvalue weighted by Crippen LogP contribution is -2.29. The molecule has 0 aliphatic carbocycles. The van der Waals surface area contributed by atoms with Gasteiger partial charge in [-0.05, 0) is 83.2 Å². The second-order valence-corrected chi connectivity index (χ2v) is 16.4. The molecule has 0 aromatic rings. The van der Waals surface area contributed by atoms with Crippen molar-refractivity contribution in [1.29, 1.82) is 0 Å². The van der Waals surface area contributed by atoms with Crippen LogP contribution in [0.4, 0.5) is 0 Å². The van der Waals surface area contributed by atoms with Crippen LogP contribution in [0.3, 0.4) is 0 Å². The van der Waals surface area contributed by atoms with Gasteiger partial charge in [0.05, 0.1) is 12.5 Å². The minimum absolute atomic E-state index is 0.0106. The van der Waals surface area contributed by atoms with E-state index in [2.05, 4.69) is 46.4 Å². The Morgan fingerprint density at radius 1 is 0.509 bits per heavy atom. The first-order valence-corrected chi connectivity index (χ1v) is 23.9. The van der Waals surface area contributed by atoms with Crippen LogP contribution < -0.4 is 0 Å². The zero-order valence-corrected chi connectivity index (χ0v) is 36.7. The van der Waals surface area contributed by atoms with Crippen LogP contribution >= 0.6 is 11.8 Å². The molecular formula is C45H87NO6S. The number of nitrogens with zero attached hydrogens (tertiary/aromatic N) is 1. The van der Waals surface area contributed by atoms with Crippen molar-refractivity contribution in [3.05, 3.63) is 0 Å². The lowest BCUT2D eigenvalue weighted by atomic mass is 10.1. The number of hydrogen-bond acceptors (Lipinski definition) is 8. The van der Waals surface area contributed by atoms with Crippen LogP contribution in [0, 0.1) is 5.92 Å². The van der Waals surface area contributed by atoms with Gasteiger partial charge in [0.2, 0.25) is 0 Å². The molecule has 0 aliphatic rings. The number of ether oxygens (including phenoxy) is 3. The van der Waals surface area contributed by atoms with Crippen molar-refractivity contribution in [3.63, 3.8) is 0 Å². The molecule has 0 amide bonds. The summed E-state index contributed by atoms with van der Waals surface area (Å²) in [5, 5.41) is 0. The fraction of sp³-hybridized carbons (Fsp3) is 0.933. The molecule has 1 atom stereocenters. The van der Waals surface area contributed by atoms with Crippen LogP contribution in [0.1, 0.15) is 215 Å². The smallest absolute Gasteiger partial charge is 0.309 e. The van der Waals surface area contributed by atoms with E-state index in [1.54, 1.807) is 0 Å². The van der Waals surface area contributed by atoms with Crippen LogP contribution in [0.2, 0.25) is 0 Å². The number of unbranched alkanes of at least 4 members (excludes halogenated alkanes) is 14. The normalized spacial score (nSPS) is 12.2. The number of rotatable bonds is 40. The monoisotopic (exact) mass is 770 g/mol. The quantitative estimate of drug-likeness (QED) is 0.0346. The Bertz CT molecular complexity index is 822. The molecule has 7 nitrogen and oxygen atoms in total. The molecule has 0 saturated heterocycles. The highest BCUT2D eigenvalue weighted by atomic mass is 32.2. The van der Waals surface area contributed by atoms with Crippen LogP contribution in [-0.4, -0.2) is 72.8 Å². The number of hydrogen-bond donors (Lipinski definition) is 0. The maximum Gasteiger partial charge on any atom is 0.309 e. The van der Waals surface area contributed by atoms with Gasteiger partial charge < -0.3 is 19.1 Å². The fourth-order valence-corrected chi connectivity index (χ4v) is 7.83. The Balaban J connectivity index is 4.20. The summed E-state index contributed by atoms with van der Waals surface area (Å²) in [6, 6.07) is 0. The fourth-order valence-electron chi connectivity index (χ4n) is 6.66. The number of esters is 3. The molecule has 0 N–H and O–H groups in total. The second-order valence-electron chi connectivity index (χ2n) is 15.3. The van der Waals surface area contributed by atoms with Crippen LogP contribution in [0.5, 0.6) is 0 Å². The van der Waals surface area contributed by atoms with E-state index < -0.39 is 0 Å². The highest BCUT2D eigenvalue weighted by Crippen LogP contribution is 2.20. The first-order valence-electron chi connectivity index (χ1n) is 22.7. The van der Waals surface area contributed by atoms with Gasteiger partial charge in [-0.2, -0.15) is 11.8 Å². The lowest BCUT2D eigenvalue weighted by Gasteiger charge is -2.22. The third-order valence-corrected chi connectivity index (χ3v) is 11.6. The van der Waals surface area contributed by atoms with Crippen molar-refractivity contribution in [3.8, 4) is 0 Å². The number of carbonyl (C=O) groups excluding carboxylic acids is 3. The zero-order valence-electron chi connectivity index (χ0n) is 35.9. The molecule has 0 aliphatic heterocycles. The van der Waals surface area contributed by atoms with E-state index in [1.165, 1.54) is 25.7 Å². The van der Waals surface area contributed by atoms with Crippen molar-refractivity contribution in [2.24, 2.45) is 5.92 Å². The Hall–Kier alpha value is -1.28.